The van der Waals surface area contributed by atoms with E-state index in [9.17, 15) is 0 Å². The first-order chi connectivity index (χ1) is 6.59. The summed E-state index contributed by atoms with van der Waals surface area (Å²) in [6.07, 6.45) is 1.05. The molecule has 1 aromatic rings. The fourth-order valence-corrected chi connectivity index (χ4v) is 1.68. The molecule has 1 fully saturated rings. The van der Waals surface area contributed by atoms with Gasteiger partial charge in [0.05, 0.1) is 12.2 Å². The number of hydrogen-bond donors (Lipinski definition) is 0. The Hall–Kier alpha value is -0.820. The zero-order chi connectivity index (χ0) is 10.2. The van der Waals surface area contributed by atoms with Crippen LogP contribution >= 0.6 is 0 Å². The second-order valence-corrected chi connectivity index (χ2v) is 4.81. The molecule has 0 amide bonds. The third-order valence-electron chi connectivity index (χ3n) is 2.86. The average Bonchev–Trinajstić information content (AvgIpc) is 2.84. The van der Waals surface area contributed by atoms with Crippen molar-refractivity contribution in [3.8, 4) is 0 Å². The van der Waals surface area contributed by atoms with Gasteiger partial charge in [-0.1, -0.05) is 38.1 Å². The maximum Gasteiger partial charge on any atom is 0.0928 e. The summed E-state index contributed by atoms with van der Waals surface area (Å²) in [5.41, 5.74) is 2.93. The highest BCUT2D eigenvalue weighted by Crippen LogP contribution is 2.30. The van der Waals surface area contributed by atoms with Gasteiger partial charge in [0.25, 0.3) is 0 Å². The topological polar surface area (TPSA) is 12.5 Å². The van der Waals surface area contributed by atoms with Crippen LogP contribution in [0.3, 0.4) is 0 Å². The van der Waals surface area contributed by atoms with Crippen molar-refractivity contribution in [2.45, 2.75) is 38.7 Å². The van der Waals surface area contributed by atoms with Crippen LogP contribution in [0.5, 0.6) is 0 Å². The second kappa shape index (κ2) is 3.39. The normalized spacial score (nSPS) is 25.4. The molecule has 1 aromatic carbocycles. The minimum Gasteiger partial charge on any atom is -0.370 e. The lowest BCUT2D eigenvalue weighted by molar-refractivity contribution is 0.322. The highest BCUT2D eigenvalue weighted by Gasteiger charge is 2.38. The molecule has 1 unspecified atom stereocenters. The third kappa shape index (κ3) is 2.16. The molecular formula is C13H18O. The Kier molecular flexibility index (Phi) is 2.36. The van der Waals surface area contributed by atoms with Gasteiger partial charge < -0.3 is 4.74 Å². The van der Waals surface area contributed by atoms with Crippen molar-refractivity contribution in [2.24, 2.45) is 0 Å². The van der Waals surface area contributed by atoms with Crippen LogP contribution in [-0.2, 0) is 11.2 Å². The van der Waals surface area contributed by atoms with E-state index in [2.05, 4.69) is 45.0 Å². The second-order valence-electron chi connectivity index (χ2n) is 4.81. The van der Waals surface area contributed by atoms with Crippen molar-refractivity contribution in [1.29, 1.82) is 0 Å². The molecule has 0 saturated carbocycles. The maximum absolute atomic E-state index is 5.38. The maximum atomic E-state index is 5.38. The molecule has 1 aliphatic rings. The van der Waals surface area contributed by atoms with Gasteiger partial charge in [0.15, 0.2) is 0 Å². The molecule has 1 atom stereocenters. The smallest absolute Gasteiger partial charge is 0.0928 e. The SMILES string of the molecule is CC(C)c1ccc(CC2(C)CO2)cc1. The van der Waals surface area contributed by atoms with Crippen LogP contribution in [-0.4, -0.2) is 12.2 Å². The van der Waals surface area contributed by atoms with Gasteiger partial charge >= 0.3 is 0 Å². The van der Waals surface area contributed by atoms with E-state index in [4.69, 9.17) is 4.74 Å². The predicted molar refractivity (Wildman–Crippen MR) is 58.6 cm³/mol. The fourth-order valence-electron chi connectivity index (χ4n) is 1.68. The Balaban J connectivity index is 2.06. The summed E-state index contributed by atoms with van der Waals surface area (Å²) in [4.78, 5) is 0. The van der Waals surface area contributed by atoms with E-state index in [0.29, 0.717) is 5.92 Å². The quantitative estimate of drug-likeness (QED) is 0.667. The van der Waals surface area contributed by atoms with Crippen molar-refractivity contribution < 1.29 is 4.74 Å². The van der Waals surface area contributed by atoms with Crippen LogP contribution in [0.2, 0.25) is 0 Å². The highest BCUT2D eigenvalue weighted by molar-refractivity contribution is 5.26. The molecule has 0 N–H and O–H groups in total. The lowest BCUT2D eigenvalue weighted by atomic mass is 9.97. The summed E-state index contributed by atoms with van der Waals surface area (Å²) in [6.45, 7) is 7.53. The molecule has 0 spiro atoms. The number of epoxide rings is 1. The van der Waals surface area contributed by atoms with Gasteiger partial charge in [-0.3, -0.25) is 0 Å². The first kappa shape index (κ1) is 9.72. The highest BCUT2D eigenvalue weighted by atomic mass is 16.6. The Morgan fingerprint density at radius 3 is 2.29 bits per heavy atom. The lowest BCUT2D eigenvalue weighted by Gasteiger charge is -2.08. The van der Waals surface area contributed by atoms with Gasteiger partial charge in [0.2, 0.25) is 0 Å². The van der Waals surface area contributed by atoms with E-state index in [-0.39, 0.29) is 5.60 Å². The van der Waals surface area contributed by atoms with E-state index >= 15 is 0 Å². The molecule has 14 heavy (non-hydrogen) atoms. The fraction of sp³-hybridized carbons (Fsp3) is 0.538. The van der Waals surface area contributed by atoms with Crippen molar-refractivity contribution in [1.82, 2.24) is 0 Å². The molecule has 2 rings (SSSR count). The summed E-state index contributed by atoms with van der Waals surface area (Å²) in [5, 5.41) is 0. The third-order valence-corrected chi connectivity index (χ3v) is 2.86. The molecule has 0 bridgehead atoms. The summed E-state index contributed by atoms with van der Waals surface area (Å²) in [7, 11) is 0. The van der Waals surface area contributed by atoms with Gasteiger partial charge in [-0.2, -0.15) is 0 Å². The minimum absolute atomic E-state index is 0.138. The molecule has 1 heterocycles. The monoisotopic (exact) mass is 190 g/mol. The van der Waals surface area contributed by atoms with Crippen molar-refractivity contribution >= 4 is 0 Å². The number of benzene rings is 1. The number of hydrogen-bond acceptors (Lipinski definition) is 1. The van der Waals surface area contributed by atoms with Crippen LogP contribution in [0.25, 0.3) is 0 Å². The molecule has 1 aliphatic heterocycles. The van der Waals surface area contributed by atoms with Crippen LogP contribution in [0.1, 0.15) is 37.8 Å². The van der Waals surface area contributed by atoms with Crippen molar-refractivity contribution in [2.75, 3.05) is 6.61 Å². The predicted octanol–water partition coefficient (Wildman–Crippen LogP) is 3.14. The van der Waals surface area contributed by atoms with Crippen LogP contribution < -0.4 is 0 Å². The first-order valence-electron chi connectivity index (χ1n) is 5.32. The Bertz CT molecular complexity index is 307. The number of ether oxygens (including phenoxy) is 1. The van der Waals surface area contributed by atoms with Crippen molar-refractivity contribution in [3.63, 3.8) is 0 Å². The largest absolute Gasteiger partial charge is 0.370 e. The summed E-state index contributed by atoms with van der Waals surface area (Å²) < 4.78 is 5.38. The van der Waals surface area contributed by atoms with Crippen LogP contribution in [0.15, 0.2) is 24.3 Å². The van der Waals surface area contributed by atoms with Gasteiger partial charge in [0, 0.05) is 6.42 Å². The molecule has 0 radical (unpaired) electrons. The lowest BCUT2D eigenvalue weighted by Crippen LogP contribution is -2.08. The molecule has 76 valence electrons. The Morgan fingerprint density at radius 1 is 1.29 bits per heavy atom. The van der Waals surface area contributed by atoms with Crippen LogP contribution in [0.4, 0.5) is 0 Å². The van der Waals surface area contributed by atoms with Gasteiger partial charge in [-0.05, 0) is 24.0 Å². The summed E-state index contributed by atoms with van der Waals surface area (Å²) >= 11 is 0. The van der Waals surface area contributed by atoms with Gasteiger partial charge in [-0.15, -0.1) is 0 Å². The molecular weight excluding hydrogens is 172 g/mol. The molecule has 1 nitrogen and oxygen atoms in total. The molecule has 1 saturated heterocycles. The summed E-state index contributed by atoms with van der Waals surface area (Å²) in [5.74, 6) is 0.622. The average molecular weight is 190 g/mol. The van der Waals surface area contributed by atoms with E-state index in [1.54, 1.807) is 0 Å². The molecule has 1 heteroatoms. The number of rotatable bonds is 3. The Labute approximate surface area is 86.1 Å². The van der Waals surface area contributed by atoms with Crippen molar-refractivity contribution in [3.05, 3.63) is 35.4 Å². The zero-order valence-electron chi connectivity index (χ0n) is 9.21. The zero-order valence-corrected chi connectivity index (χ0v) is 9.21. The first-order valence-corrected chi connectivity index (χ1v) is 5.32. The van der Waals surface area contributed by atoms with Gasteiger partial charge in [0.1, 0.15) is 0 Å². The van der Waals surface area contributed by atoms with E-state index in [1.807, 2.05) is 0 Å². The molecule has 0 aromatic heterocycles. The van der Waals surface area contributed by atoms with E-state index in [1.165, 1.54) is 11.1 Å². The Morgan fingerprint density at radius 2 is 1.86 bits per heavy atom. The van der Waals surface area contributed by atoms with E-state index in [0.717, 1.165) is 13.0 Å². The van der Waals surface area contributed by atoms with E-state index < -0.39 is 0 Å². The summed E-state index contributed by atoms with van der Waals surface area (Å²) in [6, 6.07) is 8.90. The van der Waals surface area contributed by atoms with Crippen LogP contribution in [0, 0.1) is 0 Å². The standard InChI is InChI=1S/C13H18O/c1-10(2)12-6-4-11(5-7-12)8-13(3)9-14-13/h4-7,10H,8-9H2,1-3H3. The molecule has 0 aliphatic carbocycles. The van der Waals surface area contributed by atoms with Gasteiger partial charge in [-0.25, -0.2) is 0 Å². The minimum atomic E-state index is 0.138.